The number of amides is 1. The summed E-state index contributed by atoms with van der Waals surface area (Å²) in [4.78, 5) is 35.8. The number of hydrogen-bond donors (Lipinski definition) is 2. The van der Waals surface area contributed by atoms with Crippen molar-refractivity contribution in [3.63, 3.8) is 0 Å². The van der Waals surface area contributed by atoms with Gasteiger partial charge in [-0.15, -0.1) is 11.3 Å². The predicted octanol–water partition coefficient (Wildman–Crippen LogP) is 7.87. The fourth-order valence-electron chi connectivity index (χ4n) is 4.67. The molecule has 0 bridgehead atoms. The van der Waals surface area contributed by atoms with Crippen LogP contribution in [0.15, 0.2) is 59.4 Å². The maximum Gasteiger partial charge on any atom is 0.411 e. The molecule has 1 amide bonds. The number of alkyl halides is 5. The van der Waals surface area contributed by atoms with E-state index in [-0.39, 0.29) is 48.1 Å². The number of rotatable bonds is 12. The summed E-state index contributed by atoms with van der Waals surface area (Å²) >= 11 is 7.66. The maximum atomic E-state index is 15.0. The normalized spacial score (nSPS) is 14.9. The van der Waals surface area contributed by atoms with Crippen molar-refractivity contribution in [1.29, 1.82) is 0 Å². The van der Waals surface area contributed by atoms with Crippen LogP contribution >= 0.6 is 22.9 Å². The van der Waals surface area contributed by atoms with Crippen molar-refractivity contribution in [2.45, 2.75) is 70.8 Å². The molecular formula is C35H41ClF6N8O3S. The molecule has 4 aromatic rings. The van der Waals surface area contributed by atoms with Crippen LogP contribution in [0.3, 0.4) is 0 Å². The van der Waals surface area contributed by atoms with Crippen molar-refractivity contribution in [2.24, 2.45) is 16.1 Å². The molecule has 0 spiro atoms. The summed E-state index contributed by atoms with van der Waals surface area (Å²) in [6.07, 6.45) is -3.91. The summed E-state index contributed by atoms with van der Waals surface area (Å²) in [7, 11) is 3.09. The number of halogens is 7. The molecule has 1 fully saturated rings. The number of ether oxygens (including phenoxy) is 1. The Hall–Kier alpha value is -4.55. The van der Waals surface area contributed by atoms with Crippen LogP contribution in [0.4, 0.5) is 26.3 Å². The van der Waals surface area contributed by atoms with Crippen molar-refractivity contribution >= 4 is 41.6 Å². The van der Waals surface area contributed by atoms with Crippen LogP contribution in [0.1, 0.15) is 76.0 Å². The first-order valence-corrected chi connectivity index (χ1v) is 17.5. The number of likely N-dealkylation sites (N-methyl/N-ethyl adjacent to an activating group) is 1. The summed E-state index contributed by atoms with van der Waals surface area (Å²) in [5, 5.41) is 5.82. The molecule has 0 aliphatic heterocycles. The van der Waals surface area contributed by atoms with Gasteiger partial charge in [-0.2, -0.15) is 18.3 Å². The second-order valence-corrected chi connectivity index (χ2v) is 14.9. The van der Waals surface area contributed by atoms with Crippen molar-refractivity contribution in [3.05, 3.63) is 82.2 Å². The number of carbonyl (C=O) groups is 2. The highest BCUT2D eigenvalue weighted by atomic mass is 35.5. The largest absolute Gasteiger partial charge is 0.411 e. The molecule has 1 saturated carbocycles. The van der Waals surface area contributed by atoms with Gasteiger partial charge < -0.3 is 25.5 Å². The van der Waals surface area contributed by atoms with Crippen LogP contribution in [0.25, 0.3) is 16.1 Å². The van der Waals surface area contributed by atoms with E-state index in [4.69, 9.17) is 22.1 Å². The monoisotopic (exact) mass is 802 g/mol. The highest BCUT2D eigenvalue weighted by molar-refractivity contribution is 7.13. The number of nitrogens with two attached hydrogens (primary N) is 1. The van der Waals surface area contributed by atoms with E-state index in [1.54, 1.807) is 42.3 Å². The Morgan fingerprint density at radius 1 is 1.17 bits per heavy atom. The minimum atomic E-state index is -4.28. The Morgan fingerprint density at radius 2 is 1.83 bits per heavy atom. The van der Waals surface area contributed by atoms with E-state index in [0.717, 1.165) is 15.9 Å². The number of carbonyl (C=O) groups excluding carboxylic acids is 2. The third-order valence-electron chi connectivity index (χ3n) is 7.57. The number of methoxy groups -OCH3 is 1. The average molecular weight is 803 g/mol. The molecule has 3 N–H and O–H groups in total. The molecule has 0 radical (unpaired) electrons. The summed E-state index contributed by atoms with van der Waals surface area (Å²) < 4.78 is 83.7. The van der Waals surface area contributed by atoms with Crippen LogP contribution in [0, 0.1) is 11.2 Å². The van der Waals surface area contributed by atoms with Gasteiger partial charge in [0.15, 0.2) is 11.8 Å². The van der Waals surface area contributed by atoms with E-state index in [0.29, 0.717) is 22.8 Å². The second-order valence-electron chi connectivity index (χ2n) is 13.6. The first kappa shape index (κ1) is 43.9. The number of benzene rings is 2. The topological polar surface area (TPSA) is 141 Å². The third kappa shape index (κ3) is 11.7. The Morgan fingerprint density at radius 3 is 2.31 bits per heavy atom. The number of nitrogens with one attached hydrogen (secondary N) is 1. The minimum Gasteiger partial charge on any atom is -0.382 e. The highest BCUT2D eigenvalue weighted by Gasteiger charge is 2.63. The van der Waals surface area contributed by atoms with Crippen LogP contribution in [-0.4, -0.2) is 75.8 Å². The third-order valence-corrected chi connectivity index (χ3v) is 8.71. The second kappa shape index (κ2) is 18.7. The molecular weight excluding hydrogens is 762 g/mol. The molecule has 0 saturated heterocycles. The first-order valence-electron chi connectivity index (χ1n) is 16.2. The zero-order chi connectivity index (χ0) is 40.4. The van der Waals surface area contributed by atoms with Gasteiger partial charge in [0, 0.05) is 25.9 Å². The number of aromatic nitrogens is 4. The Bertz CT molecular complexity index is 1860. The van der Waals surface area contributed by atoms with Gasteiger partial charge in [-0.05, 0) is 47.6 Å². The lowest BCUT2D eigenvalue weighted by atomic mass is 10.0. The van der Waals surface area contributed by atoms with Crippen LogP contribution < -0.4 is 11.1 Å². The van der Waals surface area contributed by atoms with Gasteiger partial charge in [0.25, 0.3) is 6.43 Å². The number of thiazole rings is 1. The lowest BCUT2D eigenvalue weighted by Crippen LogP contribution is -2.44. The lowest BCUT2D eigenvalue weighted by Gasteiger charge is -2.30. The number of aliphatic imine (C=N–C) groups is 1. The molecule has 11 nitrogen and oxygen atoms in total. The summed E-state index contributed by atoms with van der Waals surface area (Å²) in [6.45, 7) is 8.86. The molecule has 19 heteroatoms. The van der Waals surface area contributed by atoms with Gasteiger partial charge in [-0.1, -0.05) is 57.5 Å². The van der Waals surface area contributed by atoms with Gasteiger partial charge in [0.1, 0.15) is 30.0 Å². The molecule has 294 valence electrons. The lowest BCUT2D eigenvalue weighted by molar-refractivity contribution is -0.167. The SMILES string of the molecule is CC(C)(C)C.COCC(c1ccc(Cl)c(-n2ncnc2C(F)F)c1)N(C)C(N)=NC(C=O)c1ccc(-c2cncs2)cc1F.O=CNC1(C(F)(F)F)CC1. The first-order chi connectivity index (χ1) is 25.3. The molecule has 2 heterocycles. The van der Waals surface area contributed by atoms with E-state index >= 15 is 0 Å². The molecule has 2 atom stereocenters. The zero-order valence-corrected chi connectivity index (χ0v) is 31.8. The molecule has 5 rings (SSSR count). The number of aldehydes is 1. The Balaban J connectivity index is 0.000000435. The number of hydrogen-bond acceptors (Lipinski definition) is 8. The van der Waals surface area contributed by atoms with E-state index < -0.39 is 41.9 Å². The van der Waals surface area contributed by atoms with Crippen LogP contribution in [-0.2, 0) is 14.3 Å². The quantitative estimate of drug-likeness (QED) is 0.0639. The molecule has 2 aromatic carbocycles. The van der Waals surface area contributed by atoms with E-state index in [1.807, 2.05) is 0 Å². The molecule has 54 heavy (non-hydrogen) atoms. The molecule has 1 aliphatic rings. The average Bonchev–Trinajstić information content (AvgIpc) is 3.46. The van der Waals surface area contributed by atoms with E-state index in [2.05, 4.69) is 47.8 Å². The van der Waals surface area contributed by atoms with Crippen LogP contribution in [0.2, 0.25) is 5.02 Å². The summed E-state index contributed by atoms with van der Waals surface area (Å²) in [5.41, 5.74) is 7.96. The number of nitrogens with zero attached hydrogens (tertiary/aromatic N) is 6. The molecule has 1 aliphatic carbocycles. The van der Waals surface area contributed by atoms with Crippen LogP contribution in [0.5, 0.6) is 0 Å². The molecule has 2 unspecified atom stereocenters. The van der Waals surface area contributed by atoms with E-state index in [9.17, 15) is 35.9 Å². The van der Waals surface area contributed by atoms with E-state index in [1.165, 1.54) is 41.5 Å². The van der Waals surface area contributed by atoms with Gasteiger partial charge in [0.05, 0.1) is 33.7 Å². The van der Waals surface area contributed by atoms with Crippen molar-refractivity contribution in [3.8, 4) is 16.1 Å². The standard InChI is InChI=1S/C25H23ClF3N7O2S.C5H6F3NO.C5H12/c1-35(25(30)34-19(10-37)16-5-3-15(7-18(16)27)22-9-31-13-39-22)21(11-38-2)14-4-6-17(26)20(8-14)36-24(23(28)29)32-12-33-36;6-5(7,8)4(1-2-4)9-3-10;1-5(2,3)4/h3-10,12-13,19,21,23H,11H2,1-2H3,(H2,30,34);3H,1-2H2,(H,9,10);1-4H3. The van der Waals surface area contributed by atoms with Gasteiger partial charge >= 0.3 is 6.18 Å². The fraction of sp³-hybridized carbons (Fsp3) is 0.429. The van der Waals surface area contributed by atoms with Crippen molar-refractivity contribution in [2.75, 3.05) is 20.8 Å². The van der Waals surface area contributed by atoms with Gasteiger partial charge in [-0.3, -0.25) is 9.78 Å². The maximum absolute atomic E-state index is 15.0. The van der Waals surface area contributed by atoms with Gasteiger partial charge in [0.2, 0.25) is 6.41 Å². The zero-order valence-electron chi connectivity index (χ0n) is 30.2. The summed E-state index contributed by atoms with van der Waals surface area (Å²) in [5.74, 6) is -1.26. The van der Waals surface area contributed by atoms with Crippen molar-refractivity contribution < 1.29 is 40.7 Å². The fourth-order valence-corrected chi connectivity index (χ4v) is 5.48. The highest BCUT2D eigenvalue weighted by Crippen LogP contribution is 2.48. The predicted molar refractivity (Wildman–Crippen MR) is 194 cm³/mol. The summed E-state index contributed by atoms with van der Waals surface area (Å²) in [6, 6.07) is 7.44. The smallest absolute Gasteiger partial charge is 0.382 e. The van der Waals surface area contributed by atoms with Gasteiger partial charge in [-0.25, -0.2) is 27.8 Å². The Kier molecular flexibility index (Phi) is 15.2. The minimum absolute atomic E-state index is 0.00917. The van der Waals surface area contributed by atoms with Crippen molar-refractivity contribution in [1.82, 2.24) is 30.0 Å². The molecule has 2 aromatic heterocycles. The number of guanidine groups is 1. The Labute approximate surface area is 317 Å².